The zero-order valence-corrected chi connectivity index (χ0v) is 6.95. The summed E-state index contributed by atoms with van der Waals surface area (Å²) >= 11 is 0. The predicted octanol–water partition coefficient (Wildman–Crippen LogP) is 1.45. The molecule has 2 heterocycles. The SMILES string of the molecule is O=C1C=CC23CCCC2CC1O3. The minimum Gasteiger partial charge on any atom is -0.359 e. The molecule has 3 unspecified atom stereocenters. The molecule has 1 saturated heterocycles. The van der Waals surface area contributed by atoms with Gasteiger partial charge in [-0.3, -0.25) is 4.79 Å². The zero-order valence-electron chi connectivity index (χ0n) is 6.95. The van der Waals surface area contributed by atoms with Crippen molar-refractivity contribution in [1.82, 2.24) is 0 Å². The highest BCUT2D eigenvalue weighted by molar-refractivity contribution is 5.95. The van der Waals surface area contributed by atoms with Crippen LogP contribution in [0.3, 0.4) is 0 Å². The zero-order chi connectivity index (χ0) is 8.18. The van der Waals surface area contributed by atoms with Crippen LogP contribution in [0, 0.1) is 5.92 Å². The topological polar surface area (TPSA) is 26.3 Å². The lowest BCUT2D eigenvalue weighted by Gasteiger charge is -2.27. The Morgan fingerprint density at radius 1 is 1.58 bits per heavy atom. The molecule has 2 aliphatic heterocycles. The van der Waals surface area contributed by atoms with Crippen LogP contribution in [0.2, 0.25) is 0 Å². The first-order valence-corrected chi connectivity index (χ1v) is 4.71. The van der Waals surface area contributed by atoms with Gasteiger partial charge in [0.2, 0.25) is 0 Å². The molecule has 0 aromatic rings. The maximum Gasteiger partial charge on any atom is 0.184 e. The fourth-order valence-electron chi connectivity index (χ4n) is 2.88. The lowest BCUT2D eigenvalue weighted by molar-refractivity contribution is -0.130. The summed E-state index contributed by atoms with van der Waals surface area (Å²) in [5.74, 6) is 0.806. The number of hydrogen-bond donors (Lipinski definition) is 0. The molecule has 2 fully saturated rings. The molecule has 2 nitrogen and oxygen atoms in total. The summed E-state index contributed by atoms with van der Waals surface area (Å²) in [6, 6.07) is 0. The van der Waals surface area contributed by atoms with Crippen LogP contribution in [0.25, 0.3) is 0 Å². The van der Waals surface area contributed by atoms with Gasteiger partial charge in [-0.1, -0.05) is 0 Å². The van der Waals surface area contributed by atoms with Crippen molar-refractivity contribution in [2.24, 2.45) is 5.92 Å². The first-order valence-electron chi connectivity index (χ1n) is 4.71. The molecule has 1 spiro atoms. The average Bonchev–Trinajstić information content (AvgIpc) is 2.52. The van der Waals surface area contributed by atoms with Crippen LogP contribution in [0.15, 0.2) is 12.2 Å². The predicted molar refractivity (Wildman–Crippen MR) is 43.7 cm³/mol. The minimum atomic E-state index is -0.0969. The van der Waals surface area contributed by atoms with Gasteiger partial charge in [-0.2, -0.15) is 0 Å². The van der Waals surface area contributed by atoms with E-state index in [1.807, 2.05) is 6.08 Å². The summed E-state index contributed by atoms with van der Waals surface area (Å²) in [4.78, 5) is 11.3. The summed E-state index contributed by atoms with van der Waals surface area (Å²) in [6.45, 7) is 0. The summed E-state index contributed by atoms with van der Waals surface area (Å²) in [7, 11) is 0. The third-order valence-electron chi connectivity index (χ3n) is 3.52. The second-order valence-corrected chi connectivity index (χ2v) is 4.12. The first-order chi connectivity index (χ1) is 5.80. The van der Waals surface area contributed by atoms with Gasteiger partial charge in [0, 0.05) is 0 Å². The fourth-order valence-corrected chi connectivity index (χ4v) is 2.88. The van der Waals surface area contributed by atoms with E-state index in [1.165, 1.54) is 12.8 Å². The van der Waals surface area contributed by atoms with Gasteiger partial charge in [-0.15, -0.1) is 0 Å². The van der Waals surface area contributed by atoms with E-state index in [-0.39, 0.29) is 17.5 Å². The molecule has 0 N–H and O–H groups in total. The van der Waals surface area contributed by atoms with Crippen molar-refractivity contribution in [1.29, 1.82) is 0 Å². The van der Waals surface area contributed by atoms with Crippen molar-refractivity contribution in [3.63, 3.8) is 0 Å². The highest BCUT2D eigenvalue weighted by Gasteiger charge is 2.53. The van der Waals surface area contributed by atoms with Crippen LogP contribution >= 0.6 is 0 Å². The largest absolute Gasteiger partial charge is 0.359 e. The maximum atomic E-state index is 11.3. The number of carbonyl (C=O) groups excluding carboxylic acids is 1. The fraction of sp³-hybridized carbons (Fsp3) is 0.700. The highest BCUT2D eigenvalue weighted by atomic mass is 16.5. The Morgan fingerprint density at radius 3 is 3.42 bits per heavy atom. The second-order valence-electron chi connectivity index (χ2n) is 4.12. The molecule has 0 aromatic heterocycles. The molecule has 0 aromatic carbocycles. The van der Waals surface area contributed by atoms with Crippen LogP contribution in [-0.2, 0) is 9.53 Å². The average molecular weight is 164 g/mol. The number of hydrogen-bond acceptors (Lipinski definition) is 2. The molecule has 1 aliphatic carbocycles. The molecular formula is C10H12O2. The molecule has 3 aliphatic rings. The van der Waals surface area contributed by atoms with E-state index >= 15 is 0 Å². The molecule has 1 saturated carbocycles. The van der Waals surface area contributed by atoms with Crippen molar-refractivity contribution in [2.45, 2.75) is 37.4 Å². The Kier molecular flexibility index (Phi) is 1.14. The van der Waals surface area contributed by atoms with Crippen LogP contribution in [0.5, 0.6) is 0 Å². The van der Waals surface area contributed by atoms with E-state index < -0.39 is 0 Å². The Labute approximate surface area is 71.6 Å². The summed E-state index contributed by atoms with van der Waals surface area (Å²) in [6.07, 6.45) is 8.24. The molecule has 0 radical (unpaired) electrons. The first kappa shape index (κ1) is 6.84. The third-order valence-corrected chi connectivity index (χ3v) is 3.52. The highest BCUT2D eigenvalue weighted by Crippen LogP contribution is 2.50. The lowest BCUT2D eigenvalue weighted by Crippen LogP contribution is -2.33. The van der Waals surface area contributed by atoms with Crippen molar-refractivity contribution in [3.8, 4) is 0 Å². The molecule has 12 heavy (non-hydrogen) atoms. The molecule has 3 atom stereocenters. The third kappa shape index (κ3) is 0.667. The molecule has 2 bridgehead atoms. The summed E-state index contributed by atoms with van der Waals surface area (Å²) in [5.41, 5.74) is -0.0153. The summed E-state index contributed by atoms with van der Waals surface area (Å²) in [5, 5.41) is 0. The Hall–Kier alpha value is -0.630. The van der Waals surface area contributed by atoms with Crippen LogP contribution < -0.4 is 0 Å². The Morgan fingerprint density at radius 2 is 2.50 bits per heavy atom. The van der Waals surface area contributed by atoms with Crippen molar-refractivity contribution in [3.05, 3.63) is 12.2 Å². The van der Waals surface area contributed by atoms with Gasteiger partial charge in [0.05, 0.1) is 5.60 Å². The van der Waals surface area contributed by atoms with Gasteiger partial charge in [0.25, 0.3) is 0 Å². The van der Waals surface area contributed by atoms with Gasteiger partial charge < -0.3 is 4.74 Å². The van der Waals surface area contributed by atoms with E-state index in [1.54, 1.807) is 6.08 Å². The van der Waals surface area contributed by atoms with Crippen molar-refractivity contribution in [2.75, 3.05) is 0 Å². The Bertz CT molecular complexity index is 269. The van der Waals surface area contributed by atoms with Crippen molar-refractivity contribution < 1.29 is 9.53 Å². The normalized spacial score (nSPS) is 49.8. The van der Waals surface area contributed by atoms with Gasteiger partial charge in [-0.25, -0.2) is 0 Å². The number of ether oxygens (including phenoxy) is 1. The van der Waals surface area contributed by atoms with Gasteiger partial charge in [-0.05, 0) is 43.8 Å². The van der Waals surface area contributed by atoms with E-state index in [4.69, 9.17) is 4.74 Å². The van der Waals surface area contributed by atoms with Crippen molar-refractivity contribution >= 4 is 5.78 Å². The smallest absolute Gasteiger partial charge is 0.184 e. The minimum absolute atomic E-state index is 0.0153. The molecule has 2 heteroatoms. The molecule has 0 amide bonds. The van der Waals surface area contributed by atoms with Gasteiger partial charge >= 0.3 is 0 Å². The molecule has 64 valence electrons. The van der Waals surface area contributed by atoms with E-state index in [2.05, 4.69) is 0 Å². The van der Waals surface area contributed by atoms with E-state index in [0.29, 0.717) is 5.92 Å². The van der Waals surface area contributed by atoms with Crippen LogP contribution in [0.1, 0.15) is 25.7 Å². The molecular weight excluding hydrogens is 152 g/mol. The van der Waals surface area contributed by atoms with Crippen LogP contribution in [-0.4, -0.2) is 17.5 Å². The van der Waals surface area contributed by atoms with Gasteiger partial charge in [0.1, 0.15) is 6.10 Å². The van der Waals surface area contributed by atoms with E-state index in [9.17, 15) is 4.79 Å². The lowest BCUT2D eigenvalue weighted by atomic mass is 9.91. The number of fused-ring (bicyclic) bond motifs is 1. The number of rotatable bonds is 0. The van der Waals surface area contributed by atoms with E-state index in [0.717, 1.165) is 12.8 Å². The van der Waals surface area contributed by atoms with Gasteiger partial charge in [0.15, 0.2) is 5.78 Å². The Balaban J connectivity index is 2.05. The second kappa shape index (κ2) is 1.99. The maximum absolute atomic E-state index is 11.3. The number of carbonyl (C=O) groups is 1. The summed E-state index contributed by atoms with van der Waals surface area (Å²) < 4.78 is 5.78. The number of ketones is 1. The quantitative estimate of drug-likeness (QED) is 0.541. The van der Waals surface area contributed by atoms with Crippen LogP contribution in [0.4, 0.5) is 0 Å². The standard InChI is InChI=1S/C10H12O2/c11-8-3-5-10-4-1-2-7(10)6-9(8)12-10/h3,5,7,9H,1-2,4,6H2. The monoisotopic (exact) mass is 164 g/mol. The molecule has 3 rings (SSSR count).